The van der Waals surface area contributed by atoms with E-state index in [1.165, 1.54) is 25.2 Å². The third kappa shape index (κ3) is 4.59. The van der Waals surface area contributed by atoms with Crippen molar-refractivity contribution in [3.05, 3.63) is 65.8 Å². The first-order valence-corrected chi connectivity index (χ1v) is 11.3. The topological polar surface area (TPSA) is 67.4 Å². The zero-order valence-corrected chi connectivity index (χ0v) is 18.8. The Morgan fingerprint density at radius 2 is 2.18 bits per heavy atom. The second-order valence-electron chi connectivity index (χ2n) is 8.88. The number of benzene rings is 2. The van der Waals surface area contributed by atoms with Crippen LogP contribution in [-0.4, -0.2) is 46.9 Å². The largest absolute Gasteiger partial charge is 0.496 e. The Kier molecular flexibility index (Phi) is 5.81. The van der Waals surface area contributed by atoms with E-state index in [9.17, 15) is 9.18 Å². The molecule has 170 valence electrons. The van der Waals surface area contributed by atoms with Crippen molar-refractivity contribution in [3.8, 4) is 5.75 Å². The third-order valence-corrected chi connectivity index (χ3v) is 6.61. The third-order valence-electron chi connectivity index (χ3n) is 6.61. The number of carbonyl (C=O) groups excluding carboxylic acids is 1. The number of likely N-dealkylation sites (tertiary alicyclic amines) is 1. The Morgan fingerprint density at radius 1 is 1.30 bits per heavy atom. The molecule has 3 aromatic rings. The number of aromatic nitrogens is 2. The average molecular weight is 447 g/mol. The fourth-order valence-electron chi connectivity index (χ4n) is 4.70. The molecule has 1 saturated carbocycles. The average Bonchev–Trinajstić information content (AvgIpc) is 3.48. The molecule has 0 spiro atoms. The molecule has 1 aliphatic carbocycles. The molecular weight excluding hydrogens is 419 g/mol. The number of aryl methyl sites for hydroxylation is 1. The molecule has 5 rings (SSSR count). The van der Waals surface area contributed by atoms with E-state index < -0.39 is 0 Å². The molecule has 2 atom stereocenters. The van der Waals surface area contributed by atoms with Gasteiger partial charge < -0.3 is 10.1 Å². The lowest BCUT2D eigenvalue weighted by molar-refractivity contribution is -0.114. The lowest BCUT2D eigenvalue weighted by Crippen LogP contribution is -2.23. The van der Waals surface area contributed by atoms with Crippen molar-refractivity contribution in [1.82, 2.24) is 14.9 Å². The summed E-state index contributed by atoms with van der Waals surface area (Å²) in [6.45, 7) is 3.68. The zero-order valence-electron chi connectivity index (χ0n) is 18.8. The first kappa shape index (κ1) is 21.5. The van der Waals surface area contributed by atoms with Crippen molar-refractivity contribution >= 4 is 28.2 Å². The molecule has 1 aromatic heterocycles. The highest BCUT2D eigenvalue weighted by molar-refractivity contribution is 5.96. The molecule has 0 amide bonds. The number of hydrogen-bond donors (Lipinski definition) is 1. The van der Waals surface area contributed by atoms with Gasteiger partial charge in [-0.15, -0.1) is 0 Å². The molecule has 2 heterocycles. The maximum Gasteiger partial charge on any atom is 0.159 e. The summed E-state index contributed by atoms with van der Waals surface area (Å²) in [7, 11) is 1.59. The minimum absolute atomic E-state index is 0.0275. The second-order valence-corrected chi connectivity index (χ2v) is 8.88. The smallest absolute Gasteiger partial charge is 0.159 e. The van der Waals surface area contributed by atoms with Crippen LogP contribution in [0.15, 0.2) is 48.8 Å². The molecule has 0 radical (unpaired) electrons. The number of anilines is 2. The number of rotatable bonds is 8. The van der Waals surface area contributed by atoms with Gasteiger partial charge in [-0.1, -0.05) is 6.08 Å². The molecule has 1 N–H and O–H groups in total. The number of nitrogens with one attached hydrogen (secondary N) is 1. The van der Waals surface area contributed by atoms with Gasteiger partial charge in [-0.05, 0) is 68.1 Å². The summed E-state index contributed by atoms with van der Waals surface area (Å²) < 4.78 is 19.2. The van der Waals surface area contributed by atoms with E-state index in [1.54, 1.807) is 32.2 Å². The number of fused-ring (bicyclic) bond motifs is 2. The highest BCUT2D eigenvalue weighted by Gasteiger charge is 2.45. The molecule has 6 nitrogen and oxygen atoms in total. The van der Waals surface area contributed by atoms with Gasteiger partial charge in [-0.3, -0.25) is 9.69 Å². The lowest BCUT2D eigenvalue weighted by Gasteiger charge is -2.14. The summed E-state index contributed by atoms with van der Waals surface area (Å²) in [6, 6.07) is 9.27. The maximum atomic E-state index is 13.6. The van der Waals surface area contributed by atoms with Crippen LogP contribution in [0, 0.1) is 18.7 Å². The van der Waals surface area contributed by atoms with E-state index in [1.807, 2.05) is 18.2 Å². The highest BCUT2D eigenvalue weighted by Crippen LogP contribution is 2.44. The molecule has 2 aliphatic rings. The lowest BCUT2D eigenvalue weighted by atomic mass is 10.0. The number of piperidine rings is 1. The van der Waals surface area contributed by atoms with Gasteiger partial charge in [0.2, 0.25) is 0 Å². The van der Waals surface area contributed by atoms with Gasteiger partial charge in [0, 0.05) is 41.7 Å². The van der Waals surface area contributed by atoms with Crippen LogP contribution in [0.25, 0.3) is 10.9 Å². The van der Waals surface area contributed by atoms with Gasteiger partial charge in [-0.25, -0.2) is 14.4 Å². The van der Waals surface area contributed by atoms with E-state index in [-0.39, 0.29) is 18.0 Å². The van der Waals surface area contributed by atoms with Crippen molar-refractivity contribution in [1.29, 1.82) is 0 Å². The van der Waals surface area contributed by atoms with E-state index >= 15 is 0 Å². The molecular formula is C26H27FN4O2. The molecule has 0 bridgehead atoms. The normalized spacial score (nSPS) is 19.7. The van der Waals surface area contributed by atoms with Crippen LogP contribution in [0.1, 0.15) is 24.0 Å². The van der Waals surface area contributed by atoms with Gasteiger partial charge in [0.1, 0.15) is 23.7 Å². The number of carbonyl (C=O) groups is 1. The number of nitrogens with zero attached hydrogens (tertiary/aromatic N) is 3. The maximum absolute atomic E-state index is 13.6. The van der Waals surface area contributed by atoms with Crippen molar-refractivity contribution < 1.29 is 13.9 Å². The van der Waals surface area contributed by atoms with Crippen LogP contribution in [0.4, 0.5) is 15.9 Å². The van der Waals surface area contributed by atoms with Crippen molar-refractivity contribution in [2.24, 2.45) is 5.92 Å². The fourth-order valence-corrected chi connectivity index (χ4v) is 4.70. The second kappa shape index (κ2) is 8.90. The predicted octanol–water partition coefficient (Wildman–Crippen LogP) is 4.59. The summed E-state index contributed by atoms with van der Waals surface area (Å²) in [4.78, 5) is 23.9. The minimum Gasteiger partial charge on any atom is -0.496 e. The Balaban J connectivity index is 1.36. The van der Waals surface area contributed by atoms with Crippen molar-refractivity contribution in [2.75, 3.05) is 25.5 Å². The van der Waals surface area contributed by atoms with Crippen LogP contribution in [0.5, 0.6) is 5.75 Å². The number of methoxy groups -OCH3 is 1. The van der Waals surface area contributed by atoms with E-state index in [4.69, 9.17) is 4.74 Å². The van der Waals surface area contributed by atoms with Crippen LogP contribution >= 0.6 is 0 Å². The summed E-state index contributed by atoms with van der Waals surface area (Å²) in [5.74, 6) is 1.87. The van der Waals surface area contributed by atoms with Crippen molar-refractivity contribution in [2.45, 2.75) is 32.2 Å². The van der Waals surface area contributed by atoms with Gasteiger partial charge in [0.05, 0.1) is 12.6 Å². The summed E-state index contributed by atoms with van der Waals surface area (Å²) >= 11 is 0. The highest BCUT2D eigenvalue weighted by atomic mass is 19.1. The van der Waals surface area contributed by atoms with Crippen molar-refractivity contribution in [3.63, 3.8) is 0 Å². The Bertz CT molecular complexity index is 1240. The Labute approximate surface area is 192 Å². The molecule has 2 aromatic carbocycles. The van der Waals surface area contributed by atoms with Crippen LogP contribution in [-0.2, 0) is 11.2 Å². The summed E-state index contributed by atoms with van der Waals surface area (Å²) in [6.07, 6.45) is 7.95. The summed E-state index contributed by atoms with van der Waals surface area (Å²) in [5, 5.41) is 4.01. The van der Waals surface area contributed by atoms with Gasteiger partial charge in [0.15, 0.2) is 5.78 Å². The molecule has 1 aliphatic heterocycles. The van der Waals surface area contributed by atoms with E-state index in [0.717, 1.165) is 41.7 Å². The number of allylic oxidation sites excluding steroid dienone is 1. The van der Waals surface area contributed by atoms with Crippen LogP contribution in [0.3, 0.4) is 0 Å². The fraction of sp³-hybridized carbons (Fsp3) is 0.346. The SMILES string of the molecule is COc1cc2ncnc(Nc3ccc(F)c(C)c3)c2cc1CC(=O)/C=C/CN1CCC2CC21. The molecule has 33 heavy (non-hydrogen) atoms. The van der Waals surface area contributed by atoms with Gasteiger partial charge in [0.25, 0.3) is 0 Å². The molecule has 7 heteroatoms. The van der Waals surface area contributed by atoms with E-state index in [0.29, 0.717) is 22.6 Å². The number of ether oxygens (including phenoxy) is 1. The quantitative estimate of drug-likeness (QED) is 0.511. The predicted molar refractivity (Wildman–Crippen MR) is 126 cm³/mol. The molecule has 1 saturated heterocycles. The number of halogens is 1. The monoisotopic (exact) mass is 446 g/mol. The Morgan fingerprint density at radius 3 is 2.91 bits per heavy atom. The zero-order chi connectivity index (χ0) is 22.9. The van der Waals surface area contributed by atoms with Crippen LogP contribution in [0.2, 0.25) is 0 Å². The number of ketones is 1. The summed E-state index contributed by atoms with van der Waals surface area (Å²) in [5.41, 5.74) is 2.74. The molecule has 2 unspecified atom stereocenters. The minimum atomic E-state index is -0.256. The van der Waals surface area contributed by atoms with Crippen LogP contribution < -0.4 is 10.1 Å². The van der Waals surface area contributed by atoms with Gasteiger partial charge in [-0.2, -0.15) is 0 Å². The Hall–Kier alpha value is -3.32. The number of hydrogen-bond acceptors (Lipinski definition) is 6. The van der Waals surface area contributed by atoms with E-state index in [2.05, 4.69) is 20.2 Å². The first-order valence-electron chi connectivity index (χ1n) is 11.3. The van der Waals surface area contributed by atoms with Gasteiger partial charge >= 0.3 is 0 Å². The standard InChI is InChI=1S/C26H27FN4O2/c1-16-10-19(5-6-22(16)27)30-26-21-12-18(25(33-2)14-23(21)28-15-29-26)11-20(32)4-3-8-31-9-7-17-13-24(17)31/h3-6,10,12,14-15,17,24H,7-9,11,13H2,1-2H3,(H,28,29,30)/b4-3+. The molecule has 2 fully saturated rings. The first-order chi connectivity index (χ1) is 16.0.